The molecular weight excluding hydrogens is 562 g/mol. The minimum absolute atomic E-state index is 0.116. The van der Waals surface area contributed by atoms with Crippen LogP contribution in [0.3, 0.4) is 0 Å². The number of unbranched alkanes of at least 4 members (excludes halogenated alkanes) is 15. The van der Waals surface area contributed by atoms with Crippen molar-refractivity contribution in [1.82, 2.24) is 5.32 Å². The Hall–Kier alpha value is -1.97. The molecule has 0 unspecified atom stereocenters. The fourth-order valence-electron chi connectivity index (χ4n) is 5.60. The molecule has 9 nitrogen and oxygen atoms in total. The number of carbonyl (C=O) groups excluding carboxylic acids is 3. The number of rotatable bonds is 27. The van der Waals surface area contributed by atoms with Crippen molar-refractivity contribution in [2.75, 3.05) is 13.2 Å². The molecular formula is C35H63NO8. The van der Waals surface area contributed by atoms with Gasteiger partial charge in [0.05, 0.1) is 19.3 Å². The average Bonchev–Trinajstić information content (AvgIpc) is 2.99. The number of aliphatic hydroxyl groups excluding tert-OH is 1. The first-order chi connectivity index (χ1) is 21.4. The number of amides is 1. The van der Waals surface area contributed by atoms with Crippen LogP contribution in [0.2, 0.25) is 0 Å². The minimum atomic E-state index is -1.00. The van der Waals surface area contributed by atoms with Crippen LogP contribution in [0.5, 0.6) is 0 Å². The lowest BCUT2D eigenvalue weighted by atomic mass is 9.95. The largest absolute Gasteiger partial charge is 0.471 e. The third-order valence-electron chi connectivity index (χ3n) is 8.03. The molecule has 1 aliphatic heterocycles. The summed E-state index contributed by atoms with van der Waals surface area (Å²) in [4.78, 5) is 37.7. The first kappa shape index (κ1) is 40.1. The van der Waals surface area contributed by atoms with Crippen LogP contribution in [-0.4, -0.2) is 66.6 Å². The van der Waals surface area contributed by atoms with Gasteiger partial charge in [0.25, 0.3) is 0 Å². The molecule has 1 heterocycles. The number of aliphatic hydroxyl groups is 1. The van der Waals surface area contributed by atoms with Crippen LogP contribution in [0, 0.1) is 0 Å². The predicted molar refractivity (Wildman–Crippen MR) is 173 cm³/mol. The number of ether oxygens (including phenoxy) is 4. The van der Waals surface area contributed by atoms with Crippen molar-refractivity contribution in [3.8, 4) is 0 Å². The molecule has 5 atom stereocenters. The summed E-state index contributed by atoms with van der Waals surface area (Å²) in [5.74, 6) is -1.13. The van der Waals surface area contributed by atoms with Crippen LogP contribution >= 0.6 is 0 Å². The molecule has 2 N–H and O–H groups in total. The van der Waals surface area contributed by atoms with E-state index in [0.717, 1.165) is 38.5 Å². The third-order valence-corrected chi connectivity index (χ3v) is 8.03. The standard InChI is InChI=1S/C35H63NO8/c1-5-8-10-12-14-16-17-19-21-23-29(39)26-31(40)36-32-34(41-25-22-20-18-15-13-11-9-6-2)33(43-28(4)38)30(27-37)44-35(32)42-24-7-3/h7,24,30,32-35,37H,5-6,8-23,25-27H2,1-4H3,(H,36,40)/b24-7-/t30-,32-,33-,34-,35+/m1/s1. The van der Waals surface area contributed by atoms with Gasteiger partial charge >= 0.3 is 5.97 Å². The zero-order chi connectivity index (χ0) is 32.4. The maximum atomic E-state index is 13.1. The zero-order valence-electron chi connectivity index (χ0n) is 28.2. The van der Waals surface area contributed by atoms with E-state index in [0.29, 0.717) is 13.0 Å². The van der Waals surface area contributed by atoms with E-state index in [1.807, 2.05) is 0 Å². The number of Topliss-reactive ketones (excluding diaryl/α,β-unsaturated/α-hetero) is 1. The van der Waals surface area contributed by atoms with E-state index in [9.17, 15) is 19.5 Å². The van der Waals surface area contributed by atoms with Gasteiger partial charge in [0.15, 0.2) is 6.10 Å². The fourth-order valence-corrected chi connectivity index (χ4v) is 5.60. The molecule has 0 aromatic rings. The van der Waals surface area contributed by atoms with E-state index in [4.69, 9.17) is 18.9 Å². The fraction of sp³-hybridized carbons (Fsp3) is 0.857. The summed E-state index contributed by atoms with van der Waals surface area (Å²) in [5, 5.41) is 12.9. The number of carbonyl (C=O) groups is 3. The van der Waals surface area contributed by atoms with Gasteiger partial charge in [-0.2, -0.15) is 0 Å². The summed E-state index contributed by atoms with van der Waals surface area (Å²) < 4.78 is 23.5. The first-order valence-electron chi connectivity index (χ1n) is 17.5. The number of hydrogen-bond donors (Lipinski definition) is 2. The molecule has 1 fully saturated rings. The summed E-state index contributed by atoms with van der Waals surface area (Å²) in [5.41, 5.74) is 0. The topological polar surface area (TPSA) is 120 Å². The van der Waals surface area contributed by atoms with Gasteiger partial charge in [0.1, 0.15) is 24.0 Å². The van der Waals surface area contributed by atoms with Crippen molar-refractivity contribution in [2.45, 2.75) is 180 Å². The first-order valence-corrected chi connectivity index (χ1v) is 17.5. The number of allylic oxidation sites excluding steroid dienone is 1. The van der Waals surface area contributed by atoms with Crippen molar-refractivity contribution >= 4 is 17.7 Å². The molecule has 9 heteroatoms. The van der Waals surface area contributed by atoms with Crippen LogP contribution in [-0.2, 0) is 33.3 Å². The maximum Gasteiger partial charge on any atom is 0.303 e. The molecule has 1 saturated heterocycles. The van der Waals surface area contributed by atoms with E-state index in [2.05, 4.69) is 19.2 Å². The Bertz CT molecular complexity index is 789. The highest BCUT2D eigenvalue weighted by Gasteiger charge is 2.50. The summed E-state index contributed by atoms with van der Waals surface area (Å²) in [6, 6.07) is -0.861. The SMILES string of the molecule is C/C=C\O[C@H]1O[C@H](CO)[C@@H](OC(C)=O)[C@H](OCCCCCCCCCC)[C@H]1NC(=O)CC(=O)CCCCCCCCCCC. The highest BCUT2D eigenvalue weighted by Crippen LogP contribution is 2.28. The van der Waals surface area contributed by atoms with E-state index in [-0.39, 0.29) is 12.2 Å². The van der Waals surface area contributed by atoms with E-state index < -0.39 is 49.1 Å². The Morgan fingerprint density at radius 3 is 1.86 bits per heavy atom. The Morgan fingerprint density at radius 2 is 1.34 bits per heavy atom. The van der Waals surface area contributed by atoms with Gasteiger partial charge in [0, 0.05) is 20.0 Å². The van der Waals surface area contributed by atoms with Crippen LogP contribution in [0.15, 0.2) is 12.3 Å². The van der Waals surface area contributed by atoms with Gasteiger partial charge in [-0.1, -0.05) is 116 Å². The Morgan fingerprint density at radius 1 is 0.795 bits per heavy atom. The van der Waals surface area contributed by atoms with Gasteiger partial charge in [-0.15, -0.1) is 0 Å². The average molecular weight is 626 g/mol. The smallest absolute Gasteiger partial charge is 0.303 e. The number of esters is 1. The molecule has 0 aromatic carbocycles. The predicted octanol–water partition coefficient (Wildman–Crippen LogP) is 7.08. The second-order valence-electron chi connectivity index (χ2n) is 12.1. The number of ketones is 1. The molecule has 0 aromatic heterocycles. The molecule has 0 radical (unpaired) electrons. The molecule has 0 spiro atoms. The van der Waals surface area contributed by atoms with Crippen molar-refractivity contribution in [3.63, 3.8) is 0 Å². The van der Waals surface area contributed by atoms with Gasteiger partial charge in [-0.05, 0) is 19.8 Å². The van der Waals surface area contributed by atoms with Crippen LogP contribution in [0.4, 0.5) is 0 Å². The summed E-state index contributed by atoms with van der Waals surface area (Å²) in [7, 11) is 0. The Labute approximate surface area is 267 Å². The summed E-state index contributed by atoms with van der Waals surface area (Å²) in [6.07, 6.45) is 19.0. The molecule has 0 bridgehead atoms. The molecule has 0 saturated carbocycles. The highest BCUT2D eigenvalue weighted by molar-refractivity contribution is 5.98. The lowest BCUT2D eigenvalue weighted by molar-refractivity contribution is -0.268. The van der Waals surface area contributed by atoms with Gasteiger partial charge in [0.2, 0.25) is 12.2 Å². The van der Waals surface area contributed by atoms with Crippen molar-refractivity contribution in [1.29, 1.82) is 0 Å². The Kier molecular flexibility index (Phi) is 23.9. The quantitative estimate of drug-likeness (QED) is 0.0430. The van der Waals surface area contributed by atoms with Gasteiger partial charge in [-0.3, -0.25) is 14.4 Å². The second-order valence-corrected chi connectivity index (χ2v) is 12.1. The summed E-state index contributed by atoms with van der Waals surface area (Å²) in [6.45, 7) is 7.44. The molecule has 1 rings (SSSR count). The lowest BCUT2D eigenvalue weighted by Crippen LogP contribution is -2.66. The molecule has 1 amide bonds. The van der Waals surface area contributed by atoms with Crippen LogP contribution in [0.25, 0.3) is 0 Å². The normalized spacial score (nSPS) is 21.8. The maximum absolute atomic E-state index is 13.1. The zero-order valence-corrected chi connectivity index (χ0v) is 28.2. The monoisotopic (exact) mass is 625 g/mol. The van der Waals surface area contributed by atoms with E-state index in [1.54, 1.807) is 13.0 Å². The van der Waals surface area contributed by atoms with E-state index in [1.165, 1.54) is 83.8 Å². The lowest BCUT2D eigenvalue weighted by Gasteiger charge is -2.45. The van der Waals surface area contributed by atoms with Gasteiger partial charge in [-0.25, -0.2) is 0 Å². The van der Waals surface area contributed by atoms with Crippen LogP contribution in [0.1, 0.15) is 150 Å². The van der Waals surface area contributed by atoms with E-state index >= 15 is 0 Å². The molecule has 1 aliphatic rings. The molecule has 44 heavy (non-hydrogen) atoms. The van der Waals surface area contributed by atoms with Crippen molar-refractivity contribution in [2.24, 2.45) is 0 Å². The minimum Gasteiger partial charge on any atom is -0.471 e. The van der Waals surface area contributed by atoms with Crippen molar-refractivity contribution < 1.29 is 38.4 Å². The Balaban J connectivity index is 2.76. The van der Waals surface area contributed by atoms with Crippen molar-refractivity contribution in [3.05, 3.63) is 12.3 Å². The van der Waals surface area contributed by atoms with Crippen LogP contribution < -0.4 is 5.32 Å². The number of hydrogen-bond acceptors (Lipinski definition) is 8. The summed E-state index contributed by atoms with van der Waals surface area (Å²) >= 11 is 0. The third kappa shape index (κ3) is 18.1. The molecule has 0 aliphatic carbocycles. The number of nitrogens with one attached hydrogen (secondary N) is 1. The second kappa shape index (κ2) is 26.3. The highest BCUT2D eigenvalue weighted by atomic mass is 16.7. The molecule has 256 valence electrons. The van der Waals surface area contributed by atoms with Gasteiger partial charge < -0.3 is 29.4 Å².